The van der Waals surface area contributed by atoms with E-state index in [-0.39, 0.29) is 27.4 Å². The Morgan fingerprint density at radius 2 is 0.775 bits per heavy atom. The lowest BCUT2D eigenvalue weighted by Crippen LogP contribution is -2.31. The first-order chi connectivity index (χ1) is 53.4. The number of rotatable bonds is 22. The maximum atomic E-state index is 13.0. The molecule has 0 bridgehead atoms. The van der Waals surface area contributed by atoms with Gasteiger partial charge in [-0.2, -0.15) is 38.7 Å². The molecule has 16 heteroatoms. The zero-order valence-corrected chi connectivity index (χ0v) is 67.0. The van der Waals surface area contributed by atoms with Crippen LogP contribution in [0.1, 0.15) is 93.6 Å². The Morgan fingerprint density at radius 1 is 0.387 bits per heavy atom. The molecule has 0 N–H and O–H groups in total. The van der Waals surface area contributed by atoms with Crippen LogP contribution >= 0.6 is 0 Å². The van der Waals surface area contributed by atoms with Crippen molar-refractivity contribution >= 4 is 99.0 Å². The SMILES string of the molecule is C=CCN(/N=C/C1=[N+](C)c2ccccc2C1(C)C)c1ccccc1OC.C=CC[N+]1=C(/C=N/N(C)c2ccc(OC)cc2)C(C)(C)c2ccccc21.CN(/N=C/C1=[N+](C)c2ccccc2C1(C)C)c1ccccc1C(=O)c1ccccc1.CN(/N=C/C1=[N+](C)c2ccccc2C1(C)C)c1ccccc1Oc1ccccc1. The average Bonchev–Trinajstić information content (AvgIpc) is 1.62. The van der Waals surface area contributed by atoms with E-state index in [1.807, 2.05) is 231 Å². The Bertz CT molecular complexity index is 5300. The molecular formula is C95H104N12O4+4. The number of ether oxygens (including phenoxy) is 3. The van der Waals surface area contributed by atoms with Gasteiger partial charge in [-0.1, -0.05) is 170 Å². The van der Waals surface area contributed by atoms with Crippen LogP contribution in [0.3, 0.4) is 0 Å². The van der Waals surface area contributed by atoms with Gasteiger partial charge in [0.15, 0.2) is 18.1 Å². The number of carbonyl (C=O) groups is 1. The third kappa shape index (κ3) is 17.0. The van der Waals surface area contributed by atoms with Crippen LogP contribution in [0.5, 0.6) is 23.0 Å². The van der Waals surface area contributed by atoms with Crippen molar-refractivity contribution in [1.82, 2.24) is 0 Å². The van der Waals surface area contributed by atoms with Crippen molar-refractivity contribution in [2.24, 2.45) is 20.4 Å². The quantitative estimate of drug-likeness (QED) is 0.0216. The number of carbonyl (C=O) groups excluding carboxylic acids is 1. The molecule has 4 aliphatic heterocycles. The molecule has 14 rings (SSSR count). The van der Waals surface area contributed by atoms with Gasteiger partial charge in [-0.3, -0.25) is 24.8 Å². The van der Waals surface area contributed by atoms with E-state index in [0.29, 0.717) is 17.7 Å². The number of hydrazone groups is 4. The third-order valence-electron chi connectivity index (χ3n) is 21.1. The van der Waals surface area contributed by atoms with E-state index in [1.165, 1.54) is 50.7 Å². The second-order valence-electron chi connectivity index (χ2n) is 29.6. The van der Waals surface area contributed by atoms with Crippen molar-refractivity contribution in [3.8, 4) is 23.0 Å². The number of fused-ring (bicyclic) bond motifs is 4. The Balaban J connectivity index is 0.000000147. The van der Waals surface area contributed by atoms with Crippen molar-refractivity contribution in [3.63, 3.8) is 0 Å². The molecule has 564 valence electrons. The van der Waals surface area contributed by atoms with Gasteiger partial charge < -0.3 is 14.2 Å². The van der Waals surface area contributed by atoms with Crippen LogP contribution in [-0.2, 0) is 21.7 Å². The molecule has 16 nitrogen and oxygen atoms in total. The van der Waals surface area contributed by atoms with E-state index in [2.05, 4.69) is 205 Å². The van der Waals surface area contributed by atoms with E-state index >= 15 is 0 Å². The Hall–Kier alpha value is -12.7. The van der Waals surface area contributed by atoms with Crippen LogP contribution in [0.25, 0.3) is 0 Å². The summed E-state index contributed by atoms with van der Waals surface area (Å²) in [7, 11) is 15.4. The Labute approximate surface area is 656 Å². The van der Waals surface area contributed by atoms with Crippen LogP contribution in [0, 0.1) is 0 Å². The summed E-state index contributed by atoms with van der Waals surface area (Å²) in [5, 5.41) is 26.4. The average molecular weight is 1480 g/mol. The minimum absolute atomic E-state index is 0.00776. The molecule has 0 amide bonds. The highest BCUT2D eigenvalue weighted by molar-refractivity contribution is 6.35. The number of anilines is 4. The molecule has 4 aliphatic rings. The summed E-state index contributed by atoms with van der Waals surface area (Å²) in [6.45, 7) is 27.0. The minimum Gasteiger partial charge on any atom is -0.497 e. The van der Waals surface area contributed by atoms with Crippen molar-refractivity contribution in [2.45, 2.75) is 77.0 Å². The van der Waals surface area contributed by atoms with Gasteiger partial charge in [0, 0.05) is 78.8 Å². The van der Waals surface area contributed by atoms with Crippen LogP contribution in [0.4, 0.5) is 45.5 Å². The number of hydrogen-bond acceptors (Lipinski definition) is 12. The molecule has 0 aliphatic carbocycles. The standard InChI is InChI=1S/C26H26N3O.C25H26N3O.2C22H26N3O/c1-26(2)21-15-9-11-17-23(21)28(3)24(26)18-27-29(4)22-16-10-8-14-20(22)25(30)19-12-6-5-7-13-19;1-25(2)20-14-8-9-15-21(20)27(3)24(25)18-26-28(4)22-16-10-11-17-23(22)29-19-12-6-5-7-13-19;1-6-15-25(19-13-9-10-14-20(19)26-5)23-16-21-22(2,3)17-11-7-8-12-18(17)24(21)4;1-6-15-25-20-10-8-7-9-19(20)22(2,3)21(25)16-23-24(4)17-11-13-18(26-5)14-12-17/h5-18H,1-4H3;5-18H,1-4H3;2*6-14,16H,1,15H2,2-5H3/q4*+1. The minimum atomic E-state index is -0.144. The zero-order chi connectivity index (χ0) is 79.2. The molecule has 0 atom stereocenters. The van der Waals surface area contributed by atoms with Gasteiger partial charge in [0.25, 0.3) is 0 Å². The van der Waals surface area contributed by atoms with Crippen molar-refractivity contribution in [3.05, 3.63) is 313 Å². The molecule has 0 radical (unpaired) electrons. The van der Waals surface area contributed by atoms with Crippen LogP contribution in [0.15, 0.2) is 301 Å². The molecule has 111 heavy (non-hydrogen) atoms. The fraction of sp³-hybridized carbons (Fsp3) is 0.232. The van der Waals surface area contributed by atoms with Gasteiger partial charge in [-0.25, -0.2) is 0 Å². The molecule has 10 aromatic rings. The summed E-state index contributed by atoms with van der Waals surface area (Å²) in [5.74, 6) is 3.19. The smallest absolute Gasteiger partial charge is 0.212 e. The summed E-state index contributed by atoms with van der Waals surface area (Å²) >= 11 is 0. The number of hydrogen-bond donors (Lipinski definition) is 0. The number of para-hydroxylation sites is 10. The van der Waals surface area contributed by atoms with Crippen LogP contribution in [-0.4, -0.2) is 141 Å². The van der Waals surface area contributed by atoms with Crippen molar-refractivity contribution < 1.29 is 37.3 Å². The first kappa shape index (κ1) is 79.4. The monoisotopic (exact) mass is 1480 g/mol. The Kier molecular flexibility index (Phi) is 24.8. The van der Waals surface area contributed by atoms with Crippen molar-refractivity contribution in [1.29, 1.82) is 0 Å². The molecule has 0 spiro atoms. The topological polar surface area (TPSA) is 119 Å². The molecule has 0 saturated heterocycles. The normalized spacial score (nSPS) is 15.0. The molecule has 4 heterocycles. The van der Waals surface area contributed by atoms with Crippen molar-refractivity contribution in [2.75, 3.05) is 89.6 Å². The van der Waals surface area contributed by atoms with Crippen LogP contribution in [0.2, 0.25) is 0 Å². The summed E-state index contributed by atoms with van der Waals surface area (Å²) in [5.41, 5.74) is 19.2. The zero-order valence-electron chi connectivity index (χ0n) is 67.0. The fourth-order valence-corrected chi connectivity index (χ4v) is 14.9. The van der Waals surface area contributed by atoms with E-state index in [1.54, 1.807) is 19.2 Å². The maximum absolute atomic E-state index is 13.0. The van der Waals surface area contributed by atoms with E-state index < -0.39 is 0 Å². The Morgan fingerprint density at radius 3 is 1.26 bits per heavy atom. The maximum Gasteiger partial charge on any atom is 0.212 e. The van der Waals surface area contributed by atoms with Gasteiger partial charge in [-0.15, -0.1) is 6.58 Å². The molecular weight excluding hydrogens is 1370 g/mol. The summed E-state index contributed by atoms with van der Waals surface area (Å²) in [6.07, 6.45) is 11.6. The number of ketones is 1. The number of methoxy groups -OCH3 is 2. The third-order valence-corrected chi connectivity index (χ3v) is 21.1. The lowest BCUT2D eigenvalue weighted by molar-refractivity contribution is -0.424. The van der Waals surface area contributed by atoms with E-state index in [0.717, 1.165) is 69.4 Å². The molecule has 0 aromatic heterocycles. The highest BCUT2D eigenvalue weighted by atomic mass is 16.5. The van der Waals surface area contributed by atoms with Gasteiger partial charge in [0.05, 0.1) is 53.8 Å². The molecule has 0 fully saturated rings. The van der Waals surface area contributed by atoms with Gasteiger partial charge in [0.2, 0.25) is 45.6 Å². The summed E-state index contributed by atoms with van der Waals surface area (Å²) in [4.78, 5) is 13.0. The number of benzene rings is 10. The second-order valence-corrected chi connectivity index (χ2v) is 29.6. The summed E-state index contributed by atoms with van der Waals surface area (Å²) < 4.78 is 25.7. The van der Waals surface area contributed by atoms with Gasteiger partial charge in [0.1, 0.15) is 74.6 Å². The predicted molar refractivity (Wildman–Crippen MR) is 462 cm³/mol. The first-order valence-electron chi connectivity index (χ1n) is 37.4. The fourth-order valence-electron chi connectivity index (χ4n) is 14.9. The molecule has 0 saturated carbocycles. The lowest BCUT2D eigenvalue weighted by atomic mass is 9.82. The van der Waals surface area contributed by atoms with Crippen LogP contribution < -0.4 is 34.2 Å². The lowest BCUT2D eigenvalue weighted by Gasteiger charge is -2.20. The largest absolute Gasteiger partial charge is 0.497 e. The highest BCUT2D eigenvalue weighted by Crippen LogP contribution is 2.43. The number of nitrogens with zero attached hydrogens (tertiary/aromatic N) is 12. The van der Waals surface area contributed by atoms with Gasteiger partial charge >= 0.3 is 0 Å². The summed E-state index contributed by atoms with van der Waals surface area (Å²) in [6, 6.07) is 84.4. The molecule has 10 aromatic carbocycles. The van der Waals surface area contributed by atoms with E-state index in [4.69, 9.17) is 34.6 Å². The van der Waals surface area contributed by atoms with Gasteiger partial charge in [-0.05, 0) is 134 Å². The van der Waals surface area contributed by atoms with E-state index in [9.17, 15) is 4.79 Å². The first-order valence-corrected chi connectivity index (χ1v) is 37.4. The molecule has 0 unspecified atom stereocenters. The predicted octanol–water partition coefficient (Wildman–Crippen LogP) is 19.4. The second kappa shape index (κ2) is 34.7. The highest BCUT2D eigenvalue weighted by Gasteiger charge is 2.47.